The molecule has 0 spiro atoms. The summed E-state index contributed by atoms with van der Waals surface area (Å²) in [7, 11) is 0. The summed E-state index contributed by atoms with van der Waals surface area (Å²) in [6, 6.07) is 0. The van der Waals surface area contributed by atoms with Crippen LogP contribution < -0.4 is 5.32 Å². The lowest BCUT2D eigenvalue weighted by Crippen LogP contribution is -2.10. The molecule has 0 amide bonds. The Bertz CT molecular complexity index is 351. The summed E-state index contributed by atoms with van der Waals surface area (Å²) in [4.78, 5) is 4.35. The van der Waals surface area contributed by atoms with Gasteiger partial charge in [-0.05, 0) is 12.8 Å². The highest BCUT2D eigenvalue weighted by Gasteiger charge is 2.05. The van der Waals surface area contributed by atoms with Crippen molar-refractivity contribution in [2.24, 2.45) is 0 Å². The highest BCUT2D eigenvalue weighted by atomic mass is 35.5. The van der Waals surface area contributed by atoms with Crippen LogP contribution in [0.25, 0.3) is 0 Å². The summed E-state index contributed by atoms with van der Waals surface area (Å²) in [6.07, 6.45) is 1.71. The van der Waals surface area contributed by atoms with E-state index in [1.807, 2.05) is 13.8 Å². The van der Waals surface area contributed by atoms with Gasteiger partial charge in [-0.1, -0.05) is 32.0 Å². The largest absolute Gasteiger partial charge is 0.348 e. The van der Waals surface area contributed by atoms with Crippen molar-refractivity contribution in [2.75, 3.05) is 11.9 Å². The zero-order valence-corrected chi connectivity index (χ0v) is 9.80. The summed E-state index contributed by atoms with van der Waals surface area (Å²) < 4.78 is 0. The molecule has 0 saturated carbocycles. The minimum atomic E-state index is 0.456. The number of hydrogen-bond acceptors (Lipinski definition) is 4. The maximum Gasteiger partial charge on any atom is 0.243 e. The molecule has 1 rings (SSSR count). The van der Waals surface area contributed by atoms with Gasteiger partial charge >= 0.3 is 0 Å². The van der Waals surface area contributed by atoms with E-state index in [1.54, 1.807) is 0 Å². The standard InChI is InChI=1S/C10H15ClN4/c1-4-8-9(5-2)14-15-10(13-8)12-6-7(3)11/h3-6H2,1-2H3,(H,12,13,15). The van der Waals surface area contributed by atoms with E-state index < -0.39 is 0 Å². The second-order valence-corrected chi connectivity index (χ2v) is 3.64. The van der Waals surface area contributed by atoms with Crippen molar-refractivity contribution in [3.05, 3.63) is 23.0 Å². The molecule has 5 heteroatoms. The minimum absolute atomic E-state index is 0.456. The zero-order valence-electron chi connectivity index (χ0n) is 9.05. The predicted octanol–water partition coefficient (Wildman–Crippen LogP) is 2.16. The Morgan fingerprint density at radius 2 is 1.93 bits per heavy atom. The van der Waals surface area contributed by atoms with Gasteiger partial charge in [0.1, 0.15) is 0 Å². The van der Waals surface area contributed by atoms with E-state index in [4.69, 9.17) is 11.6 Å². The number of rotatable bonds is 5. The Morgan fingerprint density at radius 3 is 2.47 bits per heavy atom. The van der Waals surface area contributed by atoms with Crippen LogP contribution in [0.3, 0.4) is 0 Å². The van der Waals surface area contributed by atoms with E-state index >= 15 is 0 Å². The summed E-state index contributed by atoms with van der Waals surface area (Å²) in [5.74, 6) is 0.505. The highest BCUT2D eigenvalue weighted by molar-refractivity contribution is 6.29. The molecule has 0 saturated heterocycles. The molecular formula is C10H15ClN4. The molecule has 0 aliphatic heterocycles. The summed E-state index contributed by atoms with van der Waals surface area (Å²) in [5, 5.41) is 11.5. The van der Waals surface area contributed by atoms with Crippen LogP contribution in [-0.4, -0.2) is 21.7 Å². The smallest absolute Gasteiger partial charge is 0.243 e. The molecule has 0 unspecified atom stereocenters. The summed E-state index contributed by atoms with van der Waals surface area (Å²) in [5.41, 5.74) is 1.93. The van der Waals surface area contributed by atoms with Crippen molar-refractivity contribution in [2.45, 2.75) is 26.7 Å². The van der Waals surface area contributed by atoms with Gasteiger partial charge < -0.3 is 5.32 Å². The molecule has 1 aromatic heterocycles. The molecule has 0 fully saturated rings. The topological polar surface area (TPSA) is 50.7 Å². The molecule has 0 atom stereocenters. The van der Waals surface area contributed by atoms with Crippen molar-refractivity contribution in [3.63, 3.8) is 0 Å². The average Bonchev–Trinajstić information content (AvgIpc) is 2.25. The van der Waals surface area contributed by atoms with E-state index in [0.717, 1.165) is 24.2 Å². The number of aromatic nitrogens is 3. The van der Waals surface area contributed by atoms with Crippen molar-refractivity contribution in [1.82, 2.24) is 15.2 Å². The highest BCUT2D eigenvalue weighted by Crippen LogP contribution is 2.07. The Morgan fingerprint density at radius 1 is 1.27 bits per heavy atom. The molecule has 1 N–H and O–H groups in total. The molecule has 1 aromatic rings. The Balaban J connectivity index is 2.78. The number of anilines is 1. The van der Waals surface area contributed by atoms with Gasteiger partial charge in [-0.25, -0.2) is 4.98 Å². The van der Waals surface area contributed by atoms with Crippen molar-refractivity contribution >= 4 is 17.5 Å². The van der Waals surface area contributed by atoms with Gasteiger partial charge in [0, 0.05) is 5.03 Å². The Kier molecular flexibility index (Phi) is 4.49. The average molecular weight is 227 g/mol. The molecule has 4 nitrogen and oxygen atoms in total. The lowest BCUT2D eigenvalue weighted by molar-refractivity contribution is 0.824. The van der Waals surface area contributed by atoms with Crippen LogP contribution in [0.1, 0.15) is 25.2 Å². The Labute approximate surface area is 94.8 Å². The fourth-order valence-electron chi connectivity index (χ4n) is 1.19. The molecule has 15 heavy (non-hydrogen) atoms. The van der Waals surface area contributed by atoms with E-state index in [2.05, 4.69) is 27.1 Å². The molecule has 0 aromatic carbocycles. The first-order chi connectivity index (χ1) is 7.17. The first kappa shape index (κ1) is 11.9. The van der Waals surface area contributed by atoms with Gasteiger partial charge in [0.05, 0.1) is 17.9 Å². The normalized spacial score (nSPS) is 10.1. The number of halogens is 1. The van der Waals surface area contributed by atoms with Gasteiger partial charge in [0.15, 0.2) is 0 Å². The van der Waals surface area contributed by atoms with Crippen LogP contribution >= 0.6 is 11.6 Å². The second-order valence-electron chi connectivity index (χ2n) is 3.11. The summed E-state index contributed by atoms with van der Waals surface area (Å²) >= 11 is 5.63. The second kappa shape index (κ2) is 5.66. The third-order valence-corrected chi connectivity index (χ3v) is 2.08. The Hall–Kier alpha value is -1.16. The number of hydrogen-bond donors (Lipinski definition) is 1. The van der Waals surface area contributed by atoms with E-state index in [9.17, 15) is 0 Å². The SMILES string of the molecule is C=C(Cl)CNc1nnc(CC)c(CC)n1. The zero-order chi connectivity index (χ0) is 11.3. The van der Waals surface area contributed by atoms with Crippen molar-refractivity contribution in [1.29, 1.82) is 0 Å². The van der Waals surface area contributed by atoms with Gasteiger partial charge in [-0.2, -0.15) is 5.10 Å². The van der Waals surface area contributed by atoms with Crippen LogP contribution in [0.2, 0.25) is 0 Å². The van der Waals surface area contributed by atoms with Crippen LogP contribution in [0.15, 0.2) is 11.6 Å². The molecular weight excluding hydrogens is 212 g/mol. The van der Waals surface area contributed by atoms with Crippen LogP contribution in [0.4, 0.5) is 5.95 Å². The monoisotopic (exact) mass is 226 g/mol. The van der Waals surface area contributed by atoms with E-state index in [1.165, 1.54) is 0 Å². The third kappa shape index (κ3) is 3.47. The van der Waals surface area contributed by atoms with E-state index in [-0.39, 0.29) is 0 Å². The van der Waals surface area contributed by atoms with Crippen molar-refractivity contribution in [3.8, 4) is 0 Å². The van der Waals surface area contributed by atoms with Crippen molar-refractivity contribution < 1.29 is 0 Å². The first-order valence-corrected chi connectivity index (χ1v) is 5.34. The number of aryl methyl sites for hydroxylation is 2. The van der Waals surface area contributed by atoms with Crippen LogP contribution in [0, 0.1) is 0 Å². The fraction of sp³-hybridized carbons (Fsp3) is 0.500. The first-order valence-electron chi connectivity index (χ1n) is 4.97. The summed E-state index contributed by atoms with van der Waals surface area (Å²) in [6.45, 7) is 8.12. The molecule has 0 aliphatic rings. The van der Waals surface area contributed by atoms with Crippen LogP contribution in [-0.2, 0) is 12.8 Å². The molecule has 0 aliphatic carbocycles. The lowest BCUT2D eigenvalue weighted by Gasteiger charge is -2.06. The molecule has 0 radical (unpaired) electrons. The fourth-order valence-corrected chi connectivity index (χ4v) is 1.25. The number of nitrogens with one attached hydrogen (secondary N) is 1. The molecule has 1 heterocycles. The minimum Gasteiger partial charge on any atom is -0.348 e. The molecule has 0 bridgehead atoms. The van der Waals surface area contributed by atoms with Gasteiger partial charge in [-0.15, -0.1) is 5.10 Å². The van der Waals surface area contributed by atoms with Gasteiger partial charge in [-0.3, -0.25) is 0 Å². The van der Waals surface area contributed by atoms with E-state index in [0.29, 0.717) is 17.5 Å². The van der Waals surface area contributed by atoms with Gasteiger partial charge in [0.25, 0.3) is 0 Å². The predicted molar refractivity (Wildman–Crippen MR) is 62.1 cm³/mol. The van der Waals surface area contributed by atoms with Crippen LogP contribution in [0.5, 0.6) is 0 Å². The molecule has 82 valence electrons. The third-order valence-electron chi connectivity index (χ3n) is 1.95. The quantitative estimate of drug-likeness (QED) is 0.836. The van der Waals surface area contributed by atoms with Gasteiger partial charge in [0.2, 0.25) is 5.95 Å². The maximum atomic E-state index is 5.63. The maximum absolute atomic E-state index is 5.63. The lowest BCUT2D eigenvalue weighted by atomic mass is 10.2. The number of nitrogens with zero attached hydrogens (tertiary/aromatic N) is 3.